The molecule has 1 aliphatic rings. The molecule has 0 spiro atoms. The van der Waals surface area contributed by atoms with Gasteiger partial charge in [-0.05, 0) is 68.9 Å². The second kappa shape index (κ2) is 9.49. The summed E-state index contributed by atoms with van der Waals surface area (Å²) in [5.41, 5.74) is 2.59. The van der Waals surface area contributed by atoms with Crippen molar-refractivity contribution in [1.29, 1.82) is 0 Å². The molecule has 150 valence electrons. The molecule has 0 aromatic heterocycles. The molecule has 2 aromatic rings. The zero-order chi connectivity index (χ0) is 19.9. The molecule has 1 N–H and O–H groups in total. The maximum absolute atomic E-state index is 12.5. The molecule has 1 aliphatic carbocycles. The number of hydrogen-bond acceptors (Lipinski definition) is 4. The van der Waals surface area contributed by atoms with Gasteiger partial charge in [0.2, 0.25) is 0 Å². The van der Waals surface area contributed by atoms with E-state index in [1.165, 1.54) is 24.0 Å². The van der Waals surface area contributed by atoms with Crippen molar-refractivity contribution in [2.75, 3.05) is 13.7 Å². The Morgan fingerprint density at radius 2 is 1.71 bits per heavy atom. The van der Waals surface area contributed by atoms with Gasteiger partial charge in [-0.25, -0.2) is 0 Å². The van der Waals surface area contributed by atoms with E-state index in [-0.39, 0.29) is 11.9 Å². The van der Waals surface area contributed by atoms with Crippen LogP contribution in [0.25, 0.3) is 0 Å². The van der Waals surface area contributed by atoms with E-state index >= 15 is 0 Å². The highest BCUT2D eigenvalue weighted by Gasteiger charge is 2.20. The monoisotopic (exact) mass is 383 g/mol. The fourth-order valence-corrected chi connectivity index (χ4v) is 3.46. The first-order chi connectivity index (χ1) is 13.6. The van der Waals surface area contributed by atoms with Gasteiger partial charge in [-0.1, -0.05) is 24.3 Å². The fraction of sp³-hybridized carbons (Fsp3) is 0.435. The molecule has 0 heterocycles. The van der Waals surface area contributed by atoms with Crippen LogP contribution in [0.15, 0.2) is 42.5 Å². The first-order valence-electron chi connectivity index (χ1n) is 9.92. The van der Waals surface area contributed by atoms with Gasteiger partial charge in [-0.15, -0.1) is 0 Å². The molecule has 0 saturated carbocycles. The molecule has 2 aromatic carbocycles. The van der Waals surface area contributed by atoms with Crippen molar-refractivity contribution in [3.63, 3.8) is 0 Å². The van der Waals surface area contributed by atoms with Gasteiger partial charge in [0.05, 0.1) is 13.2 Å². The predicted octanol–water partition coefficient (Wildman–Crippen LogP) is 3.93. The summed E-state index contributed by atoms with van der Waals surface area (Å²) >= 11 is 0. The van der Waals surface area contributed by atoms with Crippen LogP contribution < -0.4 is 19.5 Å². The van der Waals surface area contributed by atoms with Crippen molar-refractivity contribution in [2.45, 2.75) is 51.7 Å². The van der Waals surface area contributed by atoms with Gasteiger partial charge < -0.3 is 19.5 Å². The minimum Gasteiger partial charge on any atom is -0.493 e. The van der Waals surface area contributed by atoms with Crippen molar-refractivity contribution < 1.29 is 19.0 Å². The Balaban J connectivity index is 1.53. The summed E-state index contributed by atoms with van der Waals surface area (Å²) in [4.78, 5) is 12.5. The smallest absolute Gasteiger partial charge is 0.261 e. The average molecular weight is 383 g/mol. The molecule has 0 bridgehead atoms. The second-order valence-electron chi connectivity index (χ2n) is 7.23. The lowest BCUT2D eigenvalue weighted by molar-refractivity contribution is -0.128. The van der Waals surface area contributed by atoms with E-state index in [0.717, 1.165) is 18.6 Å². The van der Waals surface area contributed by atoms with E-state index < -0.39 is 6.10 Å². The molecular weight excluding hydrogens is 354 g/mol. The standard InChI is InChI=1S/C23H29NO4/c1-16(15-27-22-13-7-6-12-21(22)26-3)24-23(25)17(2)28-20-14-8-10-18-9-4-5-11-19(18)20/h6-8,10,12-14,16-17H,4-5,9,11,15H2,1-3H3,(H,24,25)/t16-,17+/m0/s1. The highest BCUT2D eigenvalue weighted by Crippen LogP contribution is 2.30. The third kappa shape index (κ3) is 4.97. The number of amides is 1. The van der Waals surface area contributed by atoms with Crippen LogP contribution in [0.4, 0.5) is 0 Å². The maximum atomic E-state index is 12.5. The number of ether oxygens (including phenoxy) is 3. The zero-order valence-corrected chi connectivity index (χ0v) is 16.9. The van der Waals surface area contributed by atoms with Crippen LogP contribution in [-0.4, -0.2) is 31.8 Å². The molecule has 1 amide bonds. The average Bonchev–Trinajstić information content (AvgIpc) is 2.72. The van der Waals surface area contributed by atoms with Gasteiger partial charge in [0.15, 0.2) is 17.6 Å². The van der Waals surface area contributed by atoms with Crippen molar-refractivity contribution in [3.05, 3.63) is 53.6 Å². The van der Waals surface area contributed by atoms with Crippen molar-refractivity contribution >= 4 is 5.91 Å². The lowest BCUT2D eigenvalue weighted by Crippen LogP contribution is -2.43. The number of nitrogens with one attached hydrogen (secondary N) is 1. The number of carbonyl (C=O) groups excluding carboxylic acids is 1. The number of hydrogen-bond donors (Lipinski definition) is 1. The molecule has 2 atom stereocenters. The van der Waals surface area contributed by atoms with Gasteiger partial charge in [-0.2, -0.15) is 0 Å². The quantitative estimate of drug-likeness (QED) is 0.751. The minimum absolute atomic E-state index is 0.149. The van der Waals surface area contributed by atoms with Gasteiger partial charge in [0.1, 0.15) is 12.4 Å². The molecule has 0 saturated heterocycles. The lowest BCUT2D eigenvalue weighted by Gasteiger charge is -2.23. The minimum atomic E-state index is -0.567. The highest BCUT2D eigenvalue weighted by molar-refractivity contribution is 5.81. The van der Waals surface area contributed by atoms with E-state index in [1.54, 1.807) is 14.0 Å². The number of rotatable bonds is 8. The number of carbonyl (C=O) groups is 1. The maximum Gasteiger partial charge on any atom is 0.261 e. The normalized spacial score (nSPS) is 15.1. The first kappa shape index (κ1) is 20.1. The number of fused-ring (bicyclic) bond motifs is 1. The fourth-order valence-electron chi connectivity index (χ4n) is 3.46. The van der Waals surface area contributed by atoms with Crippen LogP contribution >= 0.6 is 0 Å². The van der Waals surface area contributed by atoms with Crippen molar-refractivity contribution in [1.82, 2.24) is 5.32 Å². The molecule has 5 nitrogen and oxygen atoms in total. The van der Waals surface area contributed by atoms with Gasteiger partial charge in [-0.3, -0.25) is 4.79 Å². The van der Waals surface area contributed by atoms with E-state index in [0.29, 0.717) is 18.1 Å². The highest BCUT2D eigenvalue weighted by atomic mass is 16.5. The van der Waals surface area contributed by atoms with Crippen LogP contribution in [0.3, 0.4) is 0 Å². The van der Waals surface area contributed by atoms with Gasteiger partial charge in [0.25, 0.3) is 5.91 Å². The van der Waals surface area contributed by atoms with Crippen LogP contribution in [-0.2, 0) is 17.6 Å². The molecule has 0 fully saturated rings. The third-order valence-corrected chi connectivity index (χ3v) is 4.97. The molecule has 0 unspecified atom stereocenters. The Morgan fingerprint density at radius 1 is 1.00 bits per heavy atom. The molecule has 28 heavy (non-hydrogen) atoms. The van der Waals surface area contributed by atoms with E-state index in [9.17, 15) is 4.79 Å². The van der Waals surface area contributed by atoms with Gasteiger partial charge >= 0.3 is 0 Å². The Kier molecular flexibility index (Phi) is 6.80. The summed E-state index contributed by atoms with van der Waals surface area (Å²) in [5, 5.41) is 2.96. The van der Waals surface area contributed by atoms with Crippen LogP contribution in [0.1, 0.15) is 37.8 Å². The molecule has 0 aliphatic heterocycles. The number of para-hydroxylation sites is 2. The second-order valence-corrected chi connectivity index (χ2v) is 7.23. The first-order valence-corrected chi connectivity index (χ1v) is 9.92. The van der Waals surface area contributed by atoms with Crippen molar-refractivity contribution in [2.24, 2.45) is 0 Å². The largest absolute Gasteiger partial charge is 0.493 e. The Bertz CT molecular complexity index is 805. The Hall–Kier alpha value is -2.69. The summed E-state index contributed by atoms with van der Waals surface area (Å²) in [6.07, 6.45) is 3.93. The third-order valence-electron chi connectivity index (χ3n) is 4.97. The Morgan fingerprint density at radius 3 is 2.50 bits per heavy atom. The van der Waals surface area contributed by atoms with Crippen molar-refractivity contribution in [3.8, 4) is 17.2 Å². The lowest BCUT2D eigenvalue weighted by atomic mass is 9.91. The van der Waals surface area contributed by atoms with E-state index in [1.807, 2.05) is 43.3 Å². The van der Waals surface area contributed by atoms with E-state index in [4.69, 9.17) is 14.2 Å². The van der Waals surface area contributed by atoms with Crippen LogP contribution in [0.2, 0.25) is 0 Å². The topological polar surface area (TPSA) is 56.8 Å². The predicted molar refractivity (Wildman–Crippen MR) is 109 cm³/mol. The van der Waals surface area contributed by atoms with Crippen LogP contribution in [0, 0.1) is 0 Å². The molecule has 3 rings (SSSR count). The Labute approximate surface area is 167 Å². The SMILES string of the molecule is COc1ccccc1OC[C@H](C)NC(=O)[C@@H](C)Oc1cccc2c1CCCC2. The number of aryl methyl sites for hydroxylation is 1. The molecular formula is C23H29NO4. The summed E-state index contributed by atoms with van der Waals surface area (Å²) < 4.78 is 17.1. The number of methoxy groups -OCH3 is 1. The van der Waals surface area contributed by atoms with E-state index in [2.05, 4.69) is 11.4 Å². The summed E-state index contributed by atoms with van der Waals surface area (Å²) in [5.74, 6) is 2.01. The van der Waals surface area contributed by atoms with Gasteiger partial charge in [0, 0.05) is 0 Å². The molecule has 0 radical (unpaired) electrons. The van der Waals surface area contributed by atoms with Crippen LogP contribution in [0.5, 0.6) is 17.2 Å². The zero-order valence-electron chi connectivity index (χ0n) is 16.9. The number of benzene rings is 2. The molecule has 5 heteroatoms. The summed E-state index contributed by atoms with van der Waals surface area (Å²) in [6.45, 7) is 4.04. The summed E-state index contributed by atoms with van der Waals surface area (Å²) in [6, 6.07) is 13.4. The summed E-state index contributed by atoms with van der Waals surface area (Å²) in [7, 11) is 1.61.